The van der Waals surface area contributed by atoms with E-state index in [1.54, 1.807) is 40.3 Å². The normalized spacial score (nSPS) is 32.1. The van der Waals surface area contributed by atoms with Crippen molar-refractivity contribution in [1.82, 2.24) is 15.2 Å². The molecule has 2 aromatic rings. The fraction of sp³-hybridized carbons (Fsp3) is 0.721. The molecule has 5 rings (SSSR count). The first-order valence-corrected chi connectivity index (χ1v) is 29.1. The number of nitriles is 1. The number of nitrogens with one attached hydrogen (secondary N) is 2. The maximum atomic E-state index is 13.5. The number of hydrogen-bond donors (Lipinski definition) is 6. The molecule has 3 aliphatic heterocycles. The number of rotatable bonds is 14. The van der Waals surface area contributed by atoms with Gasteiger partial charge in [0.05, 0.1) is 48.1 Å². The number of ether oxygens (including phenoxy) is 6. The van der Waals surface area contributed by atoms with Gasteiger partial charge in [-0.1, -0.05) is 72.7 Å². The maximum Gasteiger partial charge on any atom is 0.311 e. The number of methoxy groups -OCH3 is 2. The van der Waals surface area contributed by atoms with E-state index in [1.807, 2.05) is 98.8 Å². The van der Waals surface area contributed by atoms with Crippen LogP contribution in [0.4, 0.5) is 0 Å². The van der Waals surface area contributed by atoms with Gasteiger partial charge in [-0.25, -0.2) is 4.98 Å². The van der Waals surface area contributed by atoms with Crippen LogP contribution in [0.1, 0.15) is 159 Å². The molecule has 1 aromatic heterocycles. The van der Waals surface area contributed by atoms with Crippen molar-refractivity contribution in [1.29, 1.82) is 10.7 Å². The van der Waals surface area contributed by atoms with Gasteiger partial charge in [0, 0.05) is 76.1 Å². The maximum absolute atomic E-state index is 13.5. The topological polar surface area (TPSA) is 246 Å². The SMILES string of the molecule is C#C.CC.CCOC.CC[C@H]1OC(=O)[C@H](C)[C@@H](O[C@H]2C[C@H](C)C[C@H](C)O2)[C@H](C)C[C@](C)(OC)C[C@@H](C)C(=N)[C@H](C)[C@@H](O)[C@]1(C)O.C[C@@H]1C[C@H](N(C)CCC(=O)N[C@H](CP)[C@H](O)c2ccc(-c3ccc(C#N)nc3)cc2)C[C@H](O)O1. The molecule has 1 unspecified atom stereocenters. The highest BCUT2D eigenvalue weighted by Gasteiger charge is 2.47. The average molecular weight is 1130 g/mol. The second-order valence-electron chi connectivity index (χ2n) is 21.9. The molecule has 3 saturated heterocycles. The van der Waals surface area contributed by atoms with Gasteiger partial charge in [-0.15, -0.1) is 22.1 Å². The predicted molar refractivity (Wildman–Crippen MR) is 315 cm³/mol. The summed E-state index contributed by atoms with van der Waals surface area (Å²) in [7, 11) is 7.89. The van der Waals surface area contributed by atoms with Crippen LogP contribution in [-0.2, 0) is 38.0 Å². The summed E-state index contributed by atoms with van der Waals surface area (Å²) in [6.45, 7) is 26.4. The second-order valence-corrected chi connectivity index (χ2v) is 22.4. The van der Waals surface area contributed by atoms with Crippen molar-refractivity contribution in [2.75, 3.05) is 40.6 Å². The van der Waals surface area contributed by atoms with Crippen LogP contribution in [0.5, 0.6) is 0 Å². The first-order valence-electron chi connectivity index (χ1n) is 28.3. The standard InChI is InChI=1S/C29H53NO7.C25H33N4O4P.C3H8O.C2H6.C2H2/c1-11-22-29(9,33)26(31)20(6)24(30)17(3)14-28(8,34-10)15-18(4)25(21(7)27(32)36-22)37-23-13-16(2)12-19(5)35-23;1-16-11-21(12-24(31)33-16)29(2)10-9-23(30)28-22(15-34)25(32)18-5-3-17(4-6-18)19-7-8-20(13-26)27-14-19;1-3-4-2;2*1-2/h16-23,25-26,30-31,33H,11-15H2,1-10H3;3-8,14,16,21-22,24-25,31-32H,9-12,15,34H2,1-2H3,(H,28,30);3H2,1-2H3;1-2H3;1-2H/t16-,17-,18-,19+,20+,21-,22-,23+,25+,26-,28-,29-;16-,21+,22-,24-,25-;;;/m11.../s1. The largest absolute Gasteiger partial charge is 0.459 e. The number of carbonyl (C=O) groups excluding carboxylic acids is 2. The molecule has 1 aromatic carbocycles. The molecule has 6 N–H and O–H groups in total. The Morgan fingerprint density at radius 2 is 1.54 bits per heavy atom. The Labute approximate surface area is 477 Å². The zero-order chi connectivity index (χ0) is 60.4. The number of hydrogen-bond acceptors (Lipinski definition) is 16. The Kier molecular flexibility index (Phi) is 33.8. The highest BCUT2D eigenvalue weighted by atomic mass is 31.0. The van der Waals surface area contributed by atoms with E-state index in [0.29, 0.717) is 67.7 Å². The minimum atomic E-state index is -1.73. The lowest BCUT2D eigenvalue weighted by atomic mass is 9.75. The van der Waals surface area contributed by atoms with Gasteiger partial charge in [-0.3, -0.25) is 9.59 Å². The lowest BCUT2D eigenvalue weighted by Crippen LogP contribution is -2.56. The monoisotopic (exact) mass is 1130 g/mol. The van der Waals surface area contributed by atoms with Crippen molar-refractivity contribution < 1.29 is 58.4 Å². The fourth-order valence-electron chi connectivity index (χ4n) is 10.7. The first-order chi connectivity index (χ1) is 37.3. The Hall–Kier alpha value is -3.94. The second kappa shape index (κ2) is 36.5. The molecule has 0 radical (unpaired) electrons. The smallest absolute Gasteiger partial charge is 0.311 e. The lowest BCUT2D eigenvalue weighted by Gasteiger charge is -2.43. The van der Waals surface area contributed by atoms with E-state index in [9.17, 15) is 30.0 Å². The number of amides is 1. The third kappa shape index (κ3) is 23.1. The van der Waals surface area contributed by atoms with E-state index in [0.717, 1.165) is 37.0 Å². The van der Waals surface area contributed by atoms with E-state index >= 15 is 0 Å². The van der Waals surface area contributed by atoms with Crippen molar-refractivity contribution in [3.8, 4) is 30.0 Å². The molecule has 17 nitrogen and oxygen atoms in total. The third-order valence-corrected chi connectivity index (χ3v) is 15.8. The van der Waals surface area contributed by atoms with Gasteiger partial charge in [0.15, 0.2) is 12.6 Å². The number of aliphatic hydroxyl groups excluding tert-OH is 3. The molecule has 4 heterocycles. The van der Waals surface area contributed by atoms with Crippen LogP contribution < -0.4 is 5.32 Å². The number of pyridine rings is 1. The van der Waals surface area contributed by atoms with Gasteiger partial charge in [0.1, 0.15) is 23.5 Å². The van der Waals surface area contributed by atoms with Crippen LogP contribution in [0.3, 0.4) is 0 Å². The Morgan fingerprint density at radius 3 is 2.05 bits per heavy atom. The molecule has 18 heteroatoms. The first kappa shape index (κ1) is 73.1. The lowest BCUT2D eigenvalue weighted by molar-refractivity contribution is -0.242. The molecule has 0 bridgehead atoms. The van der Waals surface area contributed by atoms with Crippen LogP contribution in [0, 0.1) is 59.2 Å². The van der Waals surface area contributed by atoms with Gasteiger partial charge in [0.25, 0.3) is 0 Å². The summed E-state index contributed by atoms with van der Waals surface area (Å²) in [5, 5.41) is 63.9. The number of benzene rings is 1. The van der Waals surface area contributed by atoms with Crippen molar-refractivity contribution in [2.45, 2.75) is 214 Å². The van der Waals surface area contributed by atoms with Crippen LogP contribution in [0.15, 0.2) is 42.6 Å². The van der Waals surface area contributed by atoms with Gasteiger partial charge >= 0.3 is 5.97 Å². The van der Waals surface area contributed by atoms with E-state index in [-0.39, 0.29) is 36.0 Å². The molecule has 79 heavy (non-hydrogen) atoms. The minimum Gasteiger partial charge on any atom is -0.459 e. The molecule has 0 aliphatic carbocycles. The summed E-state index contributed by atoms with van der Waals surface area (Å²) in [6.07, 6.45) is 10.3. The zero-order valence-electron chi connectivity index (χ0n) is 50.6. The van der Waals surface area contributed by atoms with Gasteiger partial charge in [-0.2, -0.15) is 5.26 Å². The number of cyclic esters (lactones) is 1. The van der Waals surface area contributed by atoms with E-state index in [2.05, 4.69) is 55.9 Å². The molecule has 448 valence electrons. The Balaban J connectivity index is 0.000000699. The van der Waals surface area contributed by atoms with E-state index in [4.69, 9.17) is 34.4 Å². The molecule has 3 fully saturated rings. The van der Waals surface area contributed by atoms with Crippen LogP contribution >= 0.6 is 9.24 Å². The summed E-state index contributed by atoms with van der Waals surface area (Å²) in [5.74, 6) is -1.70. The average Bonchev–Trinajstić information content (AvgIpc) is 3.44. The van der Waals surface area contributed by atoms with Gasteiger partial charge in [-0.05, 0) is 128 Å². The quantitative estimate of drug-likeness (QED) is 0.0588. The number of nitrogens with zero attached hydrogens (tertiary/aromatic N) is 3. The summed E-state index contributed by atoms with van der Waals surface area (Å²) >= 11 is 0. The zero-order valence-corrected chi connectivity index (χ0v) is 51.8. The number of aromatic nitrogens is 1. The molecule has 3 aliphatic rings. The van der Waals surface area contributed by atoms with Crippen LogP contribution in [0.25, 0.3) is 11.1 Å². The molecular formula is C61H102N5O12P. The predicted octanol–water partition coefficient (Wildman–Crippen LogP) is 8.88. The summed E-state index contributed by atoms with van der Waals surface area (Å²) in [6, 6.07) is 12.7. The third-order valence-electron chi connectivity index (χ3n) is 15.3. The summed E-state index contributed by atoms with van der Waals surface area (Å²) in [4.78, 5) is 32.3. The van der Waals surface area contributed by atoms with Gasteiger partial charge in [0.2, 0.25) is 5.91 Å². The molecule has 1 amide bonds. The minimum absolute atomic E-state index is 0.0127. The van der Waals surface area contributed by atoms with Crippen LogP contribution in [-0.4, -0.2) is 155 Å². The highest BCUT2D eigenvalue weighted by Crippen LogP contribution is 2.38. The van der Waals surface area contributed by atoms with Gasteiger partial charge < -0.3 is 64.5 Å². The fourth-order valence-corrected chi connectivity index (χ4v) is 11.1. The van der Waals surface area contributed by atoms with Crippen LogP contribution in [0.2, 0.25) is 0 Å². The number of esters is 1. The van der Waals surface area contributed by atoms with E-state index < -0.39 is 72.0 Å². The number of carbonyl (C=O) groups is 2. The van der Waals surface area contributed by atoms with Crippen molar-refractivity contribution >= 4 is 26.8 Å². The van der Waals surface area contributed by atoms with E-state index in [1.165, 1.54) is 6.92 Å². The summed E-state index contributed by atoms with van der Waals surface area (Å²) < 4.78 is 34.4. The Bertz CT molecular complexity index is 2110. The molecular weight excluding hydrogens is 1030 g/mol. The molecule has 18 atom stereocenters. The molecule has 0 saturated carbocycles. The Morgan fingerprint density at radius 1 is 0.949 bits per heavy atom. The molecule has 0 spiro atoms. The summed E-state index contributed by atoms with van der Waals surface area (Å²) in [5.41, 5.74) is 0.890. The number of aliphatic hydroxyl groups is 4. The van der Waals surface area contributed by atoms with Crippen molar-refractivity contribution in [2.24, 2.45) is 29.6 Å². The van der Waals surface area contributed by atoms with Crippen molar-refractivity contribution in [3.63, 3.8) is 0 Å². The number of terminal acetylenes is 1. The van der Waals surface area contributed by atoms with Crippen molar-refractivity contribution in [3.05, 3.63) is 53.9 Å². The highest BCUT2D eigenvalue weighted by molar-refractivity contribution is 7.16.